The van der Waals surface area contributed by atoms with E-state index in [0.717, 1.165) is 17.1 Å². The molecular formula is C15H24O3. The maximum atomic E-state index is 9.40. The van der Waals surface area contributed by atoms with Crippen LogP contribution in [0.2, 0.25) is 0 Å². The molecule has 18 heavy (non-hydrogen) atoms. The summed E-state index contributed by atoms with van der Waals surface area (Å²) >= 11 is 0. The molecule has 0 aromatic heterocycles. The van der Waals surface area contributed by atoms with Gasteiger partial charge in [-0.15, -0.1) is 0 Å². The van der Waals surface area contributed by atoms with Crippen LogP contribution in [0.4, 0.5) is 0 Å². The Balaban J connectivity index is 2.82. The molecule has 1 rings (SSSR count). The van der Waals surface area contributed by atoms with E-state index >= 15 is 0 Å². The summed E-state index contributed by atoms with van der Waals surface area (Å²) in [5.74, 6) is 2.02. The van der Waals surface area contributed by atoms with E-state index in [1.54, 1.807) is 6.92 Å². The largest absolute Gasteiger partial charge is 0.490 e. The summed E-state index contributed by atoms with van der Waals surface area (Å²) in [4.78, 5) is 0. The molecule has 0 amide bonds. The maximum absolute atomic E-state index is 9.40. The number of rotatable bonds is 7. The van der Waals surface area contributed by atoms with Crippen molar-refractivity contribution in [3.63, 3.8) is 0 Å². The second kappa shape index (κ2) is 7.27. The first-order valence-electron chi connectivity index (χ1n) is 6.59. The van der Waals surface area contributed by atoms with Gasteiger partial charge in [0, 0.05) is 0 Å². The van der Waals surface area contributed by atoms with E-state index in [-0.39, 0.29) is 6.10 Å². The molecule has 1 N–H and O–H groups in total. The van der Waals surface area contributed by atoms with Crippen molar-refractivity contribution in [1.82, 2.24) is 0 Å². The minimum atomic E-state index is -0.345. The van der Waals surface area contributed by atoms with Gasteiger partial charge in [-0.25, -0.2) is 0 Å². The Morgan fingerprint density at radius 1 is 1.11 bits per heavy atom. The molecular weight excluding hydrogens is 228 g/mol. The lowest BCUT2D eigenvalue weighted by atomic mass is 10.1. The third kappa shape index (κ3) is 4.96. The molecule has 1 atom stereocenters. The summed E-state index contributed by atoms with van der Waals surface area (Å²) in [5.41, 5.74) is 1.06. The summed E-state index contributed by atoms with van der Waals surface area (Å²) in [6.07, 6.45) is 0.284. The number of ether oxygens (including phenoxy) is 2. The molecule has 0 aliphatic heterocycles. The van der Waals surface area contributed by atoms with Crippen LogP contribution in [-0.4, -0.2) is 24.4 Å². The first-order chi connectivity index (χ1) is 8.52. The summed E-state index contributed by atoms with van der Waals surface area (Å²) in [7, 11) is 0. The monoisotopic (exact) mass is 252 g/mol. The minimum Gasteiger partial charge on any atom is -0.490 e. The van der Waals surface area contributed by atoms with Crippen LogP contribution in [0.5, 0.6) is 11.5 Å². The van der Waals surface area contributed by atoms with Crippen molar-refractivity contribution in [3.8, 4) is 11.5 Å². The molecule has 0 heterocycles. The van der Waals surface area contributed by atoms with Crippen LogP contribution in [0, 0.1) is 5.92 Å². The number of benzene rings is 1. The van der Waals surface area contributed by atoms with E-state index < -0.39 is 0 Å². The van der Waals surface area contributed by atoms with Gasteiger partial charge >= 0.3 is 0 Å². The molecule has 0 fully saturated rings. The van der Waals surface area contributed by atoms with Crippen molar-refractivity contribution in [2.24, 2.45) is 5.92 Å². The van der Waals surface area contributed by atoms with Crippen LogP contribution in [-0.2, 0) is 6.42 Å². The molecule has 0 aliphatic carbocycles. The van der Waals surface area contributed by atoms with Gasteiger partial charge in [-0.3, -0.25) is 0 Å². The van der Waals surface area contributed by atoms with Gasteiger partial charge in [0.25, 0.3) is 0 Å². The van der Waals surface area contributed by atoms with Gasteiger partial charge in [0.1, 0.15) is 0 Å². The summed E-state index contributed by atoms with van der Waals surface area (Å²) in [6, 6.07) is 5.85. The fourth-order valence-electron chi connectivity index (χ4n) is 1.66. The first kappa shape index (κ1) is 14.8. The fourth-order valence-corrected chi connectivity index (χ4v) is 1.66. The van der Waals surface area contributed by atoms with Crippen molar-refractivity contribution in [3.05, 3.63) is 23.8 Å². The van der Waals surface area contributed by atoms with Crippen LogP contribution in [0.3, 0.4) is 0 Å². The lowest BCUT2D eigenvalue weighted by Crippen LogP contribution is -2.08. The van der Waals surface area contributed by atoms with Crippen molar-refractivity contribution in [2.75, 3.05) is 13.2 Å². The van der Waals surface area contributed by atoms with Gasteiger partial charge < -0.3 is 14.6 Å². The van der Waals surface area contributed by atoms with Crippen LogP contribution in [0.25, 0.3) is 0 Å². The average molecular weight is 252 g/mol. The van der Waals surface area contributed by atoms with Gasteiger partial charge in [0.2, 0.25) is 0 Å². The van der Waals surface area contributed by atoms with Gasteiger partial charge in [-0.2, -0.15) is 0 Å². The highest BCUT2D eigenvalue weighted by Gasteiger charge is 2.08. The van der Waals surface area contributed by atoms with E-state index in [4.69, 9.17) is 9.47 Å². The number of hydrogen-bond donors (Lipinski definition) is 1. The SMILES string of the molecule is CCOc1cc(CC(C)O)ccc1OCC(C)C. The summed E-state index contributed by atoms with van der Waals surface area (Å²) in [6.45, 7) is 9.24. The average Bonchev–Trinajstić information content (AvgIpc) is 2.27. The fraction of sp³-hybridized carbons (Fsp3) is 0.600. The first-order valence-corrected chi connectivity index (χ1v) is 6.59. The van der Waals surface area contributed by atoms with E-state index in [2.05, 4.69) is 13.8 Å². The Labute approximate surface area is 110 Å². The number of hydrogen-bond acceptors (Lipinski definition) is 3. The Morgan fingerprint density at radius 3 is 2.39 bits per heavy atom. The topological polar surface area (TPSA) is 38.7 Å². The summed E-state index contributed by atoms with van der Waals surface area (Å²) in [5, 5.41) is 9.40. The van der Waals surface area contributed by atoms with Crippen LogP contribution in [0.15, 0.2) is 18.2 Å². The molecule has 1 aromatic rings. The molecule has 1 aromatic carbocycles. The van der Waals surface area contributed by atoms with E-state index in [0.29, 0.717) is 25.6 Å². The number of aliphatic hydroxyl groups excluding tert-OH is 1. The lowest BCUT2D eigenvalue weighted by Gasteiger charge is -2.15. The van der Waals surface area contributed by atoms with E-state index in [9.17, 15) is 5.11 Å². The highest BCUT2D eigenvalue weighted by Crippen LogP contribution is 2.29. The van der Waals surface area contributed by atoms with Crippen molar-refractivity contribution in [1.29, 1.82) is 0 Å². The molecule has 0 radical (unpaired) electrons. The van der Waals surface area contributed by atoms with Crippen LogP contribution < -0.4 is 9.47 Å². The third-order valence-electron chi connectivity index (χ3n) is 2.41. The predicted octanol–water partition coefficient (Wildman–Crippen LogP) is 3.04. The van der Waals surface area contributed by atoms with E-state index in [1.807, 2.05) is 25.1 Å². The molecule has 0 bridgehead atoms. The van der Waals surface area contributed by atoms with Gasteiger partial charge in [0.05, 0.1) is 19.3 Å². The second-order valence-electron chi connectivity index (χ2n) is 4.97. The summed E-state index contributed by atoms with van der Waals surface area (Å²) < 4.78 is 11.3. The van der Waals surface area contributed by atoms with Crippen LogP contribution >= 0.6 is 0 Å². The third-order valence-corrected chi connectivity index (χ3v) is 2.41. The molecule has 0 saturated heterocycles. The zero-order chi connectivity index (χ0) is 13.5. The van der Waals surface area contributed by atoms with Crippen molar-refractivity contribution < 1.29 is 14.6 Å². The molecule has 1 unspecified atom stereocenters. The maximum Gasteiger partial charge on any atom is 0.161 e. The quantitative estimate of drug-likeness (QED) is 0.810. The number of aliphatic hydroxyl groups is 1. The Kier molecular flexibility index (Phi) is 5.99. The highest BCUT2D eigenvalue weighted by molar-refractivity contribution is 5.43. The Morgan fingerprint density at radius 2 is 1.83 bits per heavy atom. The van der Waals surface area contributed by atoms with E-state index in [1.165, 1.54) is 0 Å². The predicted molar refractivity (Wildman–Crippen MR) is 73.3 cm³/mol. The van der Waals surface area contributed by atoms with Gasteiger partial charge in [-0.1, -0.05) is 19.9 Å². The standard InChI is InChI=1S/C15H24O3/c1-5-17-15-9-13(8-12(4)16)6-7-14(15)18-10-11(2)3/h6-7,9,11-12,16H,5,8,10H2,1-4H3. The zero-order valence-corrected chi connectivity index (χ0v) is 11.8. The van der Waals surface area contributed by atoms with Gasteiger partial charge in [-0.05, 0) is 43.9 Å². The van der Waals surface area contributed by atoms with Crippen molar-refractivity contribution >= 4 is 0 Å². The molecule has 3 heteroatoms. The molecule has 102 valence electrons. The molecule has 0 spiro atoms. The zero-order valence-electron chi connectivity index (χ0n) is 11.8. The normalized spacial score (nSPS) is 12.6. The lowest BCUT2D eigenvalue weighted by molar-refractivity contribution is 0.195. The Hall–Kier alpha value is -1.22. The van der Waals surface area contributed by atoms with Crippen molar-refractivity contribution in [2.45, 2.75) is 40.2 Å². The minimum absolute atomic E-state index is 0.345. The highest BCUT2D eigenvalue weighted by atomic mass is 16.5. The van der Waals surface area contributed by atoms with Gasteiger partial charge in [0.15, 0.2) is 11.5 Å². The molecule has 3 nitrogen and oxygen atoms in total. The molecule has 0 aliphatic rings. The Bertz CT molecular complexity index is 359. The molecule has 0 saturated carbocycles. The smallest absolute Gasteiger partial charge is 0.161 e. The second-order valence-corrected chi connectivity index (χ2v) is 4.97. The van der Waals surface area contributed by atoms with Crippen LogP contribution in [0.1, 0.15) is 33.3 Å².